The minimum absolute atomic E-state index is 0.914. The Hall–Kier alpha value is 0. The fraction of sp³-hybridized carbons (Fsp3) is 1.00. The molecule has 0 spiro atoms. The quantitative estimate of drug-likeness (QED) is 0.612. The lowest BCUT2D eigenvalue weighted by molar-refractivity contribution is -0.188. The van der Waals surface area contributed by atoms with Crippen molar-refractivity contribution >= 4 is 0 Å². The summed E-state index contributed by atoms with van der Waals surface area (Å²) < 4.78 is 0. The highest BCUT2D eigenvalue weighted by molar-refractivity contribution is 5.09. The second-order valence-corrected chi connectivity index (χ2v) is 7.59. The van der Waals surface area contributed by atoms with Gasteiger partial charge in [-0.1, -0.05) is 34.6 Å². The van der Waals surface area contributed by atoms with E-state index in [4.69, 9.17) is 0 Å². The Morgan fingerprint density at radius 2 is 1.38 bits per heavy atom. The molecular weight excluding hydrogens is 192 g/mol. The van der Waals surface area contributed by atoms with Gasteiger partial charge in [0.2, 0.25) is 0 Å². The van der Waals surface area contributed by atoms with E-state index >= 15 is 0 Å². The zero-order valence-electron chi connectivity index (χ0n) is 11.6. The molecular formula is C16H28. The lowest BCUT2D eigenvalue weighted by Gasteiger charge is -2.67. The predicted octanol–water partition coefficient (Wildman–Crippen LogP) is 4.45. The molecule has 0 aliphatic heterocycles. The smallest absolute Gasteiger partial charge is 0.0323 e. The molecule has 0 saturated heterocycles. The van der Waals surface area contributed by atoms with E-state index in [-0.39, 0.29) is 0 Å². The molecule has 3 rings (SSSR count). The summed E-state index contributed by atoms with van der Waals surface area (Å²) in [5.74, 6) is 9.46. The van der Waals surface area contributed by atoms with Gasteiger partial charge in [0.15, 0.2) is 0 Å². The molecule has 92 valence electrons. The van der Waals surface area contributed by atoms with E-state index in [2.05, 4.69) is 34.6 Å². The fourth-order valence-electron chi connectivity index (χ4n) is 6.22. The van der Waals surface area contributed by atoms with Crippen LogP contribution in [-0.2, 0) is 0 Å². The molecule has 0 nitrogen and oxygen atoms in total. The minimum Gasteiger partial charge on any atom is -0.0625 e. The first-order chi connectivity index (χ1) is 7.52. The van der Waals surface area contributed by atoms with Crippen molar-refractivity contribution in [2.75, 3.05) is 0 Å². The van der Waals surface area contributed by atoms with Gasteiger partial charge in [0.1, 0.15) is 0 Å². The van der Waals surface area contributed by atoms with Gasteiger partial charge in [-0.05, 0) is 66.1 Å². The Kier molecular flexibility index (Phi) is 2.43. The van der Waals surface area contributed by atoms with Crippen molar-refractivity contribution in [3.05, 3.63) is 0 Å². The summed E-state index contributed by atoms with van der Waals surface area (Å²) in [6, 6.07) is 0. The number of hydrogen-bond donors (Lipinski definition) is 0. The summed E-state index contributed by atoms with van der Waals surface area (Å²) >= 11 is 0. The highest BCUT2D eigenvalue weighted by atomic mass is 14.7. The van der Waals surface area contributed by atoms with Crippen LogP contribution in [-0.4, -0.2) is 0 Å². The van der Waals surface area contributed by atoms with Crippen LogP contribution in [0.25, 0.3) is 0 Å². The van der Waals surface area contributed by atoms with Crippen molar-refractivity contribution < 1.29 is 0 Å². The van der Waals surface area contributed by atoms with Crippen molar-refractivity contribution in [1.82, 2.24) is 0 Å². The monoisotopic (exact) mass is 220 g/mol. The van der Waals surface area contributed by atoms with E-state index in [0.717, 1.165) is 53.3 Å². The van der Waals surface area contributed by atoms with Crippen molar-refractivity contribution in [1.29, 1.82) is 0 Å². The molecule has 0 heterocycles. The van der Waals surface area contributed by atoms with Gasteiger partial charge in [0, 0.05) is 0 Å². The molecule has 0 N–H and O–H groups in total. The van der Waals surface area contributed by atoms with E-state index in [1.807, 2.05) is 0 Å². The zero-order chi connectivity index (χ0) is 11.6. The van der Waals surface area contributed by atoms with Gasteiger partial charge >= 0.3 is 0 Å². The van der Waals surface area contributed by atoms with Crippen LogP contribution in [0.5, 0.6) is 0 Å². The number of fused-ring (bicyclic) bond motifs is 3. The van der Waals surface area contributed by atoms with Crippen LogP contribution < -0.4 is 0 Å². The van der Waals surface area contributed by atoms with E-state index in [9.17, 15) is 0 Å². The van der Waals surface area contributed by atoms with E-state index in [0.29, 0.717) is 0 Å². The van der Waals surface area contributed by atoms with Crippen LogP contribution in [0, 0.1) is 53.3 Å². The standard InChI is InChI=1S/C16H28/c1-8(2)14-11(5)16-12(14)6-9(3)15-10(4)7-13(15)16/h8-16H,6-7H2,1-5H3. The van der Waals surface area contributed by atoms with E-state index < -0.39 is 0 Å². The second kappa shape index (κ2) is 3.50. The van der Waals surface area contributed by atoms with Crippen molar-refractivity contribution in [3.8, 4) is 0 Å². The van der Waals surface area contributed by atoms with E-state index in [1.165, 1.54) is 0 Å². The molecule has 3 aliphatic rings. The molecule has 0 radical (unpaired) electrons. The van der Waals surface area contributed by atoms with Gasteiger partial charge in [-0.3, -0.25) is 0 Å². The van der Waals surface area contributed by atoms with Gasteiger partial charge < -0.3 is 0 Å². The maximum absolute atomic E-state index is 2.54. The molecule has 16 heavy (non-hydrogen) atoms. The molecule has 3 saturated carbocycles. The van der Waals surface area contributed by atoms with Crippen LogP contribution >= 0.6 is 0 Å². The molecule has 3 aliphatic carbocycles. The van der Waals surface area contributed by atoms with E-state index in [1.54, 1.807) is 12.8 Å². The average Bonchev–Trinajstić information content (AvgIpc) is 2.14. The normalized spacial score (nSPS) is 59.6. The van der Waals surface area contributed by atoms with Crippen molar-refractivity contribution in [3.63, 3.8) is 0 Å². The summed E-state index contributed by atoms with van der Waals surface area (Å²) in [4.78, 5) is 0. The lowest BCUT2D eigenvalue weighted by Crippen LogP contribution is -2.61. The maximum atomic E-state index is 2.54. The maximum Gasteiger partial charge on any atom is -0.0323 e. The Bertz CT molecular complexity index is 280. The topological polar surface area (TPSA) is 0 Å². The first kappa shape index (κ1) is 11.1. The molecule has 8 atom stereocenters. The third kappa shape index (κ3) is 1.22. The van der Waals surface area contributed by atoms with Crippen LogP contribution in [0.3, 0.4) is 0 Å². The molecule has 0 aromatic rings. The van der Waals surface area contributed by atoms with Crippen LogP contribution in [0.15, 0.2) is 0 Å². The Labute approximate surface area is 101 Å². The van der Waals surface area contributed by atoms with Gasteiger partial charge in [0.05, 0.1) is 0 Å². The van der Waals surface area contributed by atoms with Crippen LogP contribution in [0.1, 0.15) is 47.5 Å². The molecule has 0 aromatic carbocycles. The van der Waals surface area contributed by atoms with Gasteiger partial charge in [-0.25, -0.2) is 0 Å². The molecule has 8 unspecified atom stereocenters. The van der Waals surface area contributed by atoms with Crippen molar-refractivity contribution in [2.45, 2.75) is 47.5 Å². The Balaban J connectivity index is 1.78. The minimum atomic E-state index is 0.914. The van der Waals surface area contributed by atoms with Crippen LogP contribution in [0.2, 0.25) is 0 Å². The largest absolute Gasteiger partial charge is 0.0625 e. The molecule has 0 heteroatoms. The van der Waals surface area contributed by atoms with Gasteiger partial charge in [-0.2, -0.15) is 0 Å². The summed E-state index contributed by atoms with van der Waals surface area (Å²) in [5, 5.41) is 0. The number of hydrogen-bond acceptors (Lipinski definition) is 0. The Morgan fingerprint density at radius 3 is 1.94 bits per heavy atom. The SMILES string of the molecule is CC(C)C1C(C)C2C3CC(C)C3C(C)CC12. The third-order valence-corrected chi connectivity index (χ3v) is 6.56. The first-order valence-corrected chi connectivity index (χ1v) is 7.52. The fourth-order valence-corrected chi connectivity index (χ4v) is 6.22. The first-order valence-electron chi connectivity index (χ1n) is 7.52. The third-order valence-electron chi connectivity index (χ3n) is 6.56. The van der Waals surface area contributed by atoms with Gasteiger partial charge in [0.25, 0.3) is 0 Å². The summed E-state index contributed by atoms with van der Waals surface area (Å²) in [6.45, 7) is 12.4. The number of rotatable bonds is 1. The highest BCUT2D eigenvalue weighted by Crippen LogP contribution is 2.66. The predicted molar refractivity (Wildman–Crippen MR) is 69.0 cm³/mol. The average molecular weight is 220 g/mol. The zero-order valence-corrected chi connectivity index (χ0v) is 11.6. The van der Waals surface area contributed by atoms with Crippen LogP contribution in [0.4, 0.5) is 0 Å². The summed E-state index contributed by atoms with van der Waals surface area (Å²) in [5.41, 5.74) is 0. The highest BCUT2D eigenvalue weighted by Gasteiger charge is 2.60. The molecule has 0 amide bonds. The second-order valence-electron chi connectivity index (χ2n) is 7.59. The molecule has 3 fully saturated rings. The van der Waals surface area contributed by atoms with Gasteiger partial charge in [-0.15, -0.1) is 0 Å². The molecule has 0 aromatic heterocycles. The Morgan fingerprint density at radius 1 is 0.812 bits per heavy atom. The summed E-state index contributed by atoms with van der Waals surface area (Å²) in [7, 11) is 0. The molecule has 0 bridgehead atoms. The summed E-state index contributed by atoms with van der Waals surface area (Å²) in [6.07, 6.45) is 3.09. The lowest BCUT2D eigenvalue weighted by atomic mass is 9.38. The van der Waals surface area contributed by atoms with Crippen molar-refractivity contribution in [2.24, 2.45) is 53.3 Å².